The third kappa shape index (κ3) is 7.70. The zero-order valence-electron chi connectivity index (χ0n) is 24.9. The Labute approximate surface area is 262 Å². The lowest BCUT2D eigenvalue weighted by atomic mass is 9.93. The molecule has 0 bridgehead atoms. The van der Waals surface area contributed by atoms with E-state index in [-0.39, 0.29) is 27.9 Å². The monoisotopic (exact) mass is 638 g/mol. The molecule has 3 aromatic carbocycles. The SMILES string of the molecule is CN(C)CC[C@H](CSc1ccccc1)Nc1ccc(S(=O)(=O)NC(=O)c2ccc3c(c2)CCC2CNCCN32)cc1[N+](=O)[O-]. The van der Waals surface area contributed by atoms with Crippen molar-refractivity contribution < 1.29 is 18.1 Å². The zero-order chi connectivity index (χ0) is 31.3. The van der Waals surface area contributed by atoms with Gasteiger partial charge in [-0.25, -0.2) is 13.1 Å². The van der Waals surface area contributed by atoms with Crippen molar-refractivity contribution in [3.63, 3.8) is 0 Å². The Balaban J connectivity index is 1.31. The van der Waals surface area contributed by atoms with E-state index < -0.39 is 20.9 Å². The van der Waals surface area contributed by atoms with Gasteiger partial charge in [0.05, 0.1) is 9.82 Å². The minimum absolute atomic E-state index is 0.121. The van der Waals surface area contributed by atoms with E-state index in [1.807, 2.05) is 55.4 Å². The van der Waals surface area contributed by atoms with Gasteiger partial charge in [-0.05, 0) is 87.9 Å². The predicted octanol–water partition coefficient (Wildman–Crippen LogP) is 3.96. The molecule has 11 nitrogen and oxygen atoms in total. The summed E-state index contributed by atoms with van der Waals surface area (Å²) in [5.41, 5.74) is 2.16. The lowest BCUT2D eigenvalue weighted by Crippen LogP contribution is -2.53. The number of hydrogen-bond acceptors (Lipinski definition) is 10. The van der Waals surface area contributed by atoms with Gasteiger partial charge >= 0.3 is 0 Å². The van der Waals surface area contributed by atoms with E-state index in [1.165, 1.54) is 12.1 Å². The minimum Gasteiger partial charge on any atom is -0.376 e. The first kappa shape index (κ1) is 31.8. The zero-order valence-corrected chi connectivity index (χ0v) is 26.5. The third-order valence-corrected chi connectivity index (χ3v) is 10.4. The third-order valence-electron chi connectivity index (χ3n) is 7.93. The van der Waals surface area contributed by atoms with E-state index in [9.17, 15) is 23.3 Å². The maximum atomic E-state index is 13.2. The highest BCUT2D eigenvalue weighted by molar-refractivity contribution is 7.99. The topological polar surface area (TPSA) is 137 Å². The number of sulfonamides is 1. The molecule has 3 aromatic rings. The Kier molecular flexibility index (Phi) is 10.1. The molecular formula is C31H38N6O5S2. The fourth-order valence-electron chi connectivity index (χ4n) is 5.60. The highest BCUT2D eigenvalue weighted by atomic mass is 32.2. The van der Waals surface area contributed by atoms with Crippen molar-refractivity contribution in [1.29, 1.82) is 0 Å². The summed E-state index contributed by atoms with van der Waals surface area (Å²) >= 11 is 1.64. The minimum atomic E-state index is -4.38. The number of fused-ring (bicyclic) bond motifs is 3. The number of piperazine rings is 1. The molecule has 3 N–H and O–H groups in total. The maximum absolute atomic E-state index is 13.2. The molecule has 1 unspecified atom stereocenters. The van der Waals surface area contributed by atoms with E-state index in [0.717, 1.165) is 67.7 Å². The number of carbonyl (C=O) groups is 1. The number of thioether (sulfide) groups is 1. The molecule has 2 heterocycles. The fourth-order valence-corrected chi connectivity index (χ4v) is 7.59. The van der Waals surface area contributed by atoms with Crippen molar-refractivity contribution >= 4 is 44.8 Å². The number of nitrogens with zero attached hydrogens (tertiary/aromatic N) is 3. The number of anilines is 2. The molecule has 1 amide bonds. The summed E-state index contributed by atoms with van der Waals surface area (Å²) in [6.45, 7) is 3.45. The Morgan fingerprint density at radius 2 is 1.95 bits per heavy atom. The second-order valence-electron chi connectivity index (χ2n) is 11.4. The van der Waals surface area contributed by atoms with Crippen LogP contribution in [-0.4, -0.2) is 82.3 Å². The van der Waals surface area contributed by atoms with Gasteiger partial charge in [0, 0.05) is 59.7 Å². The summed E-state index contributed by atoms with van der Waals surface area (Å²) in [6.07, 6.45) is 2.47. The van der Waals surface area contributed by atoms with Crippen LogP contribution in [0.3, 0.4) is 0 Å². The number of nitro groups is 1. The number of aryl methyl sites for hydroxylation is 1. The van der Waals surface area contributed by atoms with E-state index in [4.69, 9.17) is 0 Å². The van der Waals surface area contributed by atoms with Crippen molar-refractivity contribution in [1.82, 2.24) is 14.9 Å². The molecule has 234 valence electrons. The summed E-state index contributed by atoms with van der Waals surface area (Å²) < 4.78 is 28.6. The first-order chi connectivity index (χ1) is 21.1. The predicted molar refractivity (Wildman–Crippen MR) is 174 cm³/mol. The lowest BCUT2D eigenvalue weighted by Gasteiger charge is -2.42. The van der Waals surface area contributed by atoms with Crippen LogP contribution in [0.25, 0.3) is 0 Å². The van der Waals surface area contributed by atoms with Crippen molar-refractivity contribution in [3.8, 4) is 0 Å². The van der Waals surface area contributed by atoms with Crippen LogP contribution in [0.4, 0.5) is 17.1 Å². The highest BCUT2D eigenvalue weighted by Gasteiger charge is 2.30. The maximum Gasteiger partial charge on any atom is 0.293 e. The van der Waals surface area contributed by atoms with Crippen LogP contribution in [0.5, 0.6) is 0 Å². The van der Waals surface area contributed by atoms with E-state index in [0.29, 0.717) is 11.8 Å². The molecule has 0 aliphatic carbocycles. The molecule has 2 aliphatic rings. The van der Waals surface area contributed by atoms with Gasteiger partial charge in [0.1, 0.15) is 5.69 Å². The van der Waals surface area contributed by atoms with Gasteiger partial charge in [0.25, 0.3) is 21.6 Å². The molecule has 44 heavy (non-hydrogen) atoms. The van der Waals surface area contributed by atoms with Gasteiger partial charge < -0.3 is 20.4 Å². The van der Waals surface area contributed by atoms with Crippen molar-refractivity contribution in [2.24, 2.45) is 0 Å². The van der Waals surface area contributed by atoms with E-state index in [1.54, 1.807) is 23.9 Å². The fraction of sp³-hybridized carbons (Fsp3) is 0.387. The number of rotatable bonds is 12. The van der Waals surface area contributed by atoms with Gasteiger partial charge in [-0.3, -0.25) is 14.9 Å². The quantitative estimate of drug-likeness (QED) is 0.152. The van der Waals surface area contributed by atoms with Crippen molar-refractivity contribution in [2.75, 3.05) is 56.2 Å². The molecule has 2 aliphatic heterocycles. The highest BCUT2D eigenvalue weighted by Crippen LogP contribution is 2.33. The average Bonchev–Trinajstić information content (AvgIpc) is 3.02. The second kappa shape index (κ2) is 14.0. The van der Waals surface area contributed by atoms with Crippen LogP contribution in [0.15, 0.2) is 76.5 Å². The molecular weight excluding hydrogens is 601 g/mol. The van der Waals surface area contributed by atoms with Gasteiger partial charge in [-0.2, -0.15) is 0 Å². The molecule has 0 aromatic heterocycles. The van der Waals surface area contributed by atoms with Gasteiger partial charge in [0.15, 0.2) is 0 Å². The molecule has 0 radical (unpaired) electrons. The van der Waals surface area contributed by atoms with Gasteiger partial charge in [0.2, 0.25) is 0 Å². The largest absolute Gasteiger partial charge is 0.376 e. The van der Waals surface area contributed by atoms with Crippen LogP contribution in [0.2, 0.25) is 0 Å². The normalized spacial score (nSPS) is 17.0. The number of nitrogens with one attached hydrogen (secondary N) is 3. The smallest absolute Gasteiger partial charge is 0.293 e. The first-order valence-corrected chi connectivity index (χ1v) is 17.1. The Hall–Kier alpha value is -3.65. The van der Waals surface area contributed by atoms with Crippen LogP contribution in [0, 0.1) is 10.1 Å². The summed E-state index contributed by atoms with van der Waals surface area (Å²) in [5, 5.41) is 18.7. The summed E-state index contributed by atoms with van der Waals surface area (Å²) in [4.78, 5) is 29.7. The van der Waals surface area contributed by atoms with Crippen molar-refractivity contribution in [2.45, 2.75) is 41.1 Å². The number of benzene rings is 3. The standard InChI is InChI=1S/C31H38N6O5S2/c1-35(2)16-14-24(21-43-26-6-4-3-5-7-26)33-28-12-11-27(19-30(28)37(39)40)44(41,42)34-31(38)23-9-13-29-22(18-23)8-10-25-20-32-15-17-36(25)29/h3-7,9,11-13,18-19,24-25,32-33H,8,10,14-17,20-21H2,1-2H3,(H,34,38)/t24-,25?/m1/s1. The Morgan fingerprint density at radius 3 is 2.70 bits per heavy atom. The number of amides is 1. The second-order valence-corrected chi connectivity index (χ2v) is 14.1. The van der Waals surface area contributed by atoms with E-state index >= 15 is 0 Å². The Morgan fingerprint density at radius 1 is 1.16 bits per heavy atom. The number of hydrogen-bond donors (Lipinski definition) is 3. The molecule has 0 saturated carbocycles. The lowest BCUT2D eigenvalue weighted by molar-refractivity contribution is -0.384. The molecule has 1 saturated heterocycles. The number of carbonyl (C=O) groups excluding carboxylic acids is 1. The van der Waals surface area contributed by atoms with Gasteiger partial charge in [-0.15, -0.1) is 11.8 Å². The van der Waals surface area contributed by atoms with E-state index in [2.05, 4.69) is 20.3 Å². The number of nitro benzene ring substituents is 1. The molecule has 2 atom stereocenters. The average molecular weight is 639 g/mol. The van der Waals surface area contributed by atoms with Gasteiger partial charge in [-0.1, -0.05) is 18.2 Å². The summed E-state index contributed by atoms with van der Waals surface area (Å²) in [6, 6.07) is 19.1. The first-order valence-electron chi connectivity index (χ1n) is 14.7. The van der Waals surface area contributed by atoms with Crippen LogP contribution < -0.4 is 20.3 Å². The van der Waals surface area contributed by atoms with Crippen LogP contribution in [-0.2, 0) is 16.4 Å². The van der Waals surface area contributed by atoms with Crippen molar-refractivity contribution in [3.05, 3.63) is 88.0 Å². The molecule has 5 rings (SSSR count). The molecule has 0 spiro atoms. The summed E-state index contributed by atoms with van der Waals surface area (Å²) in [5.74, 6) is -0.122. The Bertz CT molecular complexity index is 1600. The molecule has 13 heteroatoms. The molecule has 1 fully saturated rings. The summed E-state index contributed by atoms with van der Waals surface area (Å²) in [7, 11) is -0.454. The van der Waals surface area contributed by atoms with Crippen LogP contribution >= 0.6 is 11.8 Å². The van der Waals surface area contributed by atoms with Crippen LogP contribution in [0.1, 0.15) is 28.8 Å².